The zero-order valence-electron chi connectivity index (χ0n) is 15.8. The molecule has 146 valence electrons. The van der Waals surface area contributed by atoms with Gasteiger partial charge in [-0.2, -0.15) is 4.98 Å². The monoisotopic (exact) mass is 381 g/mol. The molecule has 0 saturated carbocycles. The van der Waals surface area contributed by atoms with Crippen LogP contribution in [0.15, 0.2) is 45.4 Å². The van der Waals surface area contributed by atoms with Crippen molar-refractivity contribution in [1.29, 1.82) is 0 Å². The molecule has 3 heterocycles. The van der Waals surface area contributed by atoms with Gasteiger partial charge < -0.3 is 19.3 Å². The van der Waals surface area contributed by atoms with Crippen molar-refractivity contribution in [2.45, 2.75) is 32.7 Å². The van der Waals surface area contributed by atoms with E-state index in [1.165, 1.54) is 0 Å². The van der Waals surface area contributed by atoms with Crippen LogP contribution in [-0.2, 0) is 13.0 Å². The van der Waals surface area contributed by atoms with E-state index in [9.17, 15) is 4.79 Å². The number of benzene rings is 1. The number of carbonyl (C=O) groups excluding carboxylic acids is 1. The van der Waals surface area contributed by atoms with Crippen molar-refractivity contribution in [1.82, 2.24) is 25.5 Å². The zero-order valence-corrected chi connectivity index (χ0v) is 15.8. The smallest absolute Gasteiger partial charge is 0.317 e. The highest BCUT2D eigenvalue weighted by Crippen LogP contribution is 2.21. The Balaban J connectivity index is 1.23. The summed E-state index contributed by atoms with van der Waals surface area (Å²) in [4.78, 5) is 18.5. The molecule has 0 atom stereocenters. The van der Waals surface area contributed by atoms with E-state index in [1.54, 1.807) is 6.92 Å². The van der Waals surface area contributed by atoms with E-state index in [1.807, 2.05) is 41.3 Å². The summed E-state index contributed by atoms with van der Waals surface area (Å²) < 4.78 is 10.4. The quantitative estimate of drug-likeness (QED) is 0.729. The standard InChI is InChI=1S/C20H23N5O3/c1-14-22-19(24-27-14)11-15-7-9-25(10-8-15)20(26)21-13-17-12-18(23-28-17)16-5-3-2-4-6-16/h2-6,12,15H,7-11,13H2,1H3,(H,21,26). The molecule has 0 unspecified atom stereocenters. The topological polar surface area (TPSA) is 97.3 Å². The molecular weight excluding hydrogens is 358 g/mol. The Kier molecular flexibility index (Phi) is 5.36. The summed E-state index contributed by atoms with van der Waals surface area (Å²) >= 11 is 0. The second kappa shape index (κ2) is 8.24. The fourth-order valence-corrected chi connectivity index (χ4v) is 3.44. The van der Waals surface area contributed by atoms with Gasteiger partial charge in [-0.1, -0.05) is 40.6 Å². The minimum absolute atomic E-state index is 0.0773. The normalized spacial score (nSPS) is 15.0. The molecule has 0 aliphatic carbocycles. The molecule has 4 rings (SSSR count). The largest absolute Gasteiger partial charge is 0.359 e. The first-order valence-electron chi connectivity index (χ1n) is 9.50. The molecule has 0 bridgehead atoms. The molecule has 1 N–H and O–H groups in total. The predicted octanol–water partition coefficient (Wildman–Crippen LogP) is 3.20. The fourth-order valence-electron chi connectivity index (χ4n) is 3.44. The Hall–Kier alpha value is -3.16. The third kappa shape index (κ3) is 4.39. The van der Waals surface area contributed by atoms with Crippen LogP contribution in [0.3, 0.4) is 0 Å². The highest BCUT2D eigenvalue weighted by atomic mass is 16.5. The third-order valence-electron chi connectivity index (χ3n) is 4.98. The first-order valence-corrected chi connectivity index (χ1v) is 9.50. The van der Waals surface area contributed by atoms with Crippen LogP contribution < -0.4 is 5.32 Å². The Labute approximate surface area is 162 Å². The summed E-state index contributed by atoms with van der Waals surface area (Å²) in [5.41, 5.74) is 1.75. The minimum atomic E-state index is -0.0773. The molecule has 1 aliphatic heterocycles. The predicted molar refractivity (Wildman–Crippen MR) is 101 cm³/mol. The van der Waals surface area contributed by atoms with Crippen molar-refractivity contribution in [2.75, 3.05) is 13.1 Å². The average molecular weight is 381 g/mol. The van der Waals surface area contributed by atoms with Gasteiger partial charge in [0, 0.05) is 38.1 Å². The van der Waals surface area contributed by atoms with Crippen molar-refractivity contribution in [3.8, 4) is 11.3 Å². The highest BCUT2D eigenvalue weighted by molar-refractivity contribution is 5.74. The van der Waals surface area contributed by atoms with Crippen LogP contribution in [0.1, 0.15) is 30.3 Å². The fraction of sp³-hybridized carbons (Fsp3) is 0.400. The van der Waals surface area contributed by atoms with Crippen molar-refractivity contribution < 1.29 is 13.8 Å². The van der Waals surface area contributed by atoms with Crippen LogP contribution in [0.25, 0.3) is 11.3 Å². The molecule has 8 heteroatoms. The zero-order chi connectivity index (χ0) is 19.3. The molecule has 0 radical (unpaired) electrons. The summed E-state index contributed by atoms with van der Waals surface area (Å²) in [6, 6.07) is 11.6. The molecule has 28 heavy (non-hydrogen) atoms. The van der Waals surface area contributed by atoms with Gasteiger partial charge in [0.05, 0.1) is 6.54 Å². The maximum atomic E-state index is 12.4. The van der Waals surface area contributed by atoms with Gasteiger partial charge in [0.15, 0.2) is 11.6 Å². The minimum Gasteiger partial charge on any atom is -0.359 e. The maximum Gasteiger partial charge on any atom is 0.317 e. The number of hydrogen-bond donors (Lipinski definition) is 1. The lowest BCUT2D eigenvalue weighted by Gasteiger charge is -2.31. The Morgan fingerprint density at radius 3 is 2.68 bits per heavy atom. The van der Waals surface area contributed by atoms with Crippen molar-refractivity contribution >= 4 is 6.03 Å². The highest BCUT2D eigenvalue weighted by Gasteiger charge is 2.24. The molecule has 2 aromatic heterocycles. The van der Waals surface area contributed by atoms with E-state index in [-0.39, 0.29) is 6.03 Å². The number of aromatic nitrogens is 3. The van der Waals surface area contributed by atoms with E-state index in [0.717, 1.165) is 49.4 Å². The number of nitrogens with zero attached hydrogens (tertiary/aromatic N) is 4. The Bertz CT molecular complexity index is 913. The van der Waals surface area contributed by atoms with Gasteiger partial charge in [0.25, 0.3) is 0 Å². The van der Waals surface area contributed by atoms with Gasteiger partial charge in [-0.05, 0) is 18.8 Å². The van der Waals surface area contributed by atoms with Gasteiger partial charge >= 0.3 is 6.03 Å². The summed E-state index contributed by atoms with van der Waals surface area (Å²) in [6.45, 7) is 3.56. The van der Waals surface area contributed by atoms with Crippen LogP contribution in [0.4, 0.5) is 4.79 Å². The average Bonchev–Trinajstić information content (AvgIpc) is 3.36. The third-order valence-corrected chi connectivity index (χ3v) is 4.98. The van der Waals surface area contributed by atoms with Crippen LogP contribution in [0.5, 0.6) is 0 Å². The molecule has 1 saturated heterocycles. The summed E-state index contributed by atoms with van der Waals surface area (Å²) in [5.74, 6) is 2.45. The molecule has 1 aliphatic rings. The van der Waals surface area contributed by atoms with Gasteiger partial charge in [0.1, 0.15) is 5.69 Å². The van der Waals surface area contributed by atoms with E-state index >= 15 is 0 Å². The first-order chi connectivity index (χ1) is 13.7. The van der Waals surface area contributed by atoms with E-state index in [2.05, 4.69) is 20.6 Å². The molecule has 3 aromatic rings. The number of rotatable bonds is 5. The number of piperidine rings is 1. The summed E-state index contributed by atoms with van der Waals surface area (Å²) in [7, 11) is 0. The van der Waals surface area contributed by atoms with Gasteiger partial charge in [-0.3, -0.25) is 0 Å². The lowest BCUT2D eigenvalue weighted by Crippen LogP contribution is -2.44. The number of carbonyl (C=O) groups is 1. The van der Waals surface area contributed by atoms with Crippen LogP contribution in [0.2, 0.25) is 0 Å². The lowest BCUT2D eigenvalue weighted by molar-refractivity contribution is 0.168. The first kappa shape index (κ1) is 18.2. The van der Waals surface area contributed by atoms with E-state index in [4.69, 9.17) is 9.05 Å². The van der Waals surface area contributed by atoms with E-state index in [0.29, 0.717) is 24.1 Å². The van der Waals surface area contributed by atoms with Gasteiger partial charge in [-0.25, -0.2) is 4.79 Å². The van der Waals surface area contributed by atoms with Crippen LogP contribution in [0, 0.1) is 12.8 Å². The summed E-state index contributed by atoms with van der Waals surface area (Å²) in [6.07, 6.45) is 2.66. The van der Waals surface area contributed by atoms with Gasteiger partial charge in [0.2, 0.25) is 5.89 Å². The lowest BCUT2D eigenvalue weighted by atomic mass is 9.93. The van der Waals surface area contributed by atoms with Crippen LogP contribution >= 0.6 is 0 Å². The molecule has 0 spiro atoms. The van der Waals surface area contributed by atoms with Gasteiger partial charge in [-0.15, -0.1) is 0 Å². The number of amides is 2. The number of urea groups is 1. The Morgan fingerprint density at radius 1 is 1.18 bits per heavy atom. The number of hydrogen-bond acceptors (Lipinski definition) is 6. The number of nitrogens with one attached hydrogen (secondary N) is 1. The van der Waals surface area contributed by atoms with Crippen molar-refractivity contribution in [3.63, 3.8) is 0 Å². The molecule has 8 nitrogen and oxygen atoms in total. The Morgan fingerprint density at radius 2 is 1.96 bits per heavy atom. The van der Waals surface area contributed by atoms with Crippen LogP contribution in [-0.4, -0.2) is 39.3 Å². The molecule has 1 aromatic carbocycles. The van der Waals surface area contributed by atoms with Crippen molar-refractivity contribution in [2.24, 2.45) is 5.92 Å². The molecular formula is C20H23N5O3. The van der Waals surface area contributed by atoms with Crippen molar-refractivity contribution in [3.05, 3.63) is 53.9 Å². The SMILES string of the molecule is Cc1nc(CC2CCN(C(=O)NCc3cc(-c4ccccc4)no3)CC2)no1. The van der Waals surface area contributed by atoms with E-state index < -0.39 is 0 Å². The second-order valence-corrected chi connectivity index (χ2v) is 7.07. The number of likely N-dealkylation sites (tertiary alicyclic amines) is 1. The molecule has 2 amide bonds. The molecule has 1 fully saturated rings. The number of aryl methyl sites for hydroxylation is 1. The summed E-state index contributed by atoms with van der Waals surface area (Å²) in [5, 5.41) is 10.9. The maximum absolute atomic E-state index is 12.4. The second-order valence-electron chi connectivity index (χ2n) is 7.07.